The van der Waals surface area contributed by atoms with E-state index in [1.165, 1.54) is 0 Å². The Labute approximate surface area is 90.9 Å². The average molecular weight is 216 g/mol. The van der Waals surface area contributed by atoms with Crippen molar-refractivity contribution in [1.29, 1.82) is 0 Å². The molecular weight excluding hydrogens is 196 g/mol. The molecule has 0 aliphatic carbocycles. The Bertz CT molecular complexity index is 213. The normalized spacial score (nSPS) is 14.4. The number of ether oxygens (including phenoxy) is 2. The summed E-state index contributed by atoms with van der Waals surface area (Å²) in [6.45, 7) is 9.26. The van der Waals surface area contributed by atoms with Gasteiger partial charge in [-0.15, -0.1) is 0 Å². The van der Waals surface area contributed by atoms with Gasteiger partial charge in [-0.05, 0) is 18.9 Å². The summed E-state index contributed by atoms with van der Waals surface area (Å²) in [5.74, 6) is -0.318. The second-order valence-electron chi connectivity index (χ2n) is 3.55. The van der Waals surface area contributed by atoms with Gasteiger partial charge in [0.2, 0.25) is 0 Å². The van der Waals surface area contributed by atoms with Crippen molar-refractivity contribution in [3.8, 4) is 0 Å². The highest BCUT2D eigenvalue weighted by atomic mass is 16.6. The third-order valence-corrected chi connectivity index (χ3v) is 2.04. The second kappa shape index (κ2) is 7.43. The van der Waals surface area contributed by atoms with Crippen LogP contribution in [0.1, 0.15) is 27.2 Å². The monoisotopic (exact) mass is 216 g/mol. The van der Waals surface area contributed by atoms with Gasteiger partial charge >= 0.3 is 5.97 Å². The molecule has 0 spiro atoms. The SMILES string of the molecule is C=C(C)C(O)OCCOC(=O)C(C)CC. The van der Waals surface area contributed by atoms with Crippen LogP contribution in [0.15, 0.2) is 12.2 Å². The minimum Gasteiger partial charge on any atom is -0.463 e. The molecule has 0 heterocycles. The molecule has 4 heteroatoms. The molecule has 0 aliphatic heterocycles. The number of esters is 1. The molecule has 2 atom stereocenters. The van der Waals surface area contributed by atoms with Crippen molar-refractivity contribution < 1.29 is 19.4 Å². The summed E-state index contributed by atoms with van der Waals surface area (Å²) >= 11 is 0. The molecule has 0 saturated heterocycles. The number of aliphatic hydroxyl groups is 1. The molecule has 15 heavy (non-hydrogen) atoms. The van der Waals surface area contributed by atoms with Crippen molar-refractivity contribution >= 4 is 5.97 Å². The fourth-order valence-corrected chi connectivity index (χ4v) is 0.753. The molecule has 1 N–H and O–H groups in total. The minimum atomic E-state index is -0.979. The van der Waals surface area contributed by atoms with Crippen LogP contribution in [0, 0.1) is 5.92 Å². The lowest BCUT2D eigenvalue weighted by atomic mass is 10.1. The Kier molecular flexibility index (Phi) is 6.99. The standard InChI is InChI=1S/C11H20O4/c1-5-9(4)11(13)15-7-6-14-10(12)8(2)3/h9-10,12H,2,5-7H2,1,3-4H3. The van der Waals surface area contributed by atoms with Crippen molar-refractivity contribution in [2.24, 2.45) is 5.92 Å². The van der Waals surface area contributed by atoms with Crippen LogP contribution >= 0.6 is 0 Å². The maximum atomic E-state index is 11.2. The number of carbonyl (C=O) groups excluding carboxylic acids is 1. The first-order valence-electron chi connectivity index (χ1n) is 5.10. The maximum Gasteiger partial charge on any atom is 0.308 e. The fraction of sp³-hybridized carbons (Fsp3) is 0.727. The Morgan fingerprint density at radius 1 is 1.47 bits per heavy atom. The van der Waals surface area contributed by atoms with Crippen LogP contribution in [0.3, 0.4) is 0 Å². The fourth-order valence-electron chi connectivity index (χ4n) is 0.753. The largest absolute Gasteiger partial charge is 0.463 e. The molecule has 88 valence electrons. The molecule has 2 unspecified atom stereocenters. The summed E-state index contributed by atoms with van der Waals surface area (Å²) in [5.41, 5.74) is 0.531. The lowest BCUT2D eigenvalue weighted by molar-refractivity contribution is -0.152. The van der Waals surface area contributed by atoms with E-state index in [-0.39, 0.29) is 25.1 Å². The summed E-state index contributed by atoms with van der Waals surface area (Å²) in [5, 5.41) is 9.18. The van der Waals surface area contributed by atoms with Gasteiger partial charge in [-0.1, -0.05) is 20.4 Å². The van der Waals surface area contributed by atoms with Gasteiger partial charge in [-0.25, -0.2) is 0 Å². The zero-order chi connectivity index (χ0) is 11.8. The van der Waals surface area contributed by atoms with Crippen LogP contribution in [0.2, 0.25) is 0 Å². The third-order valence-electron chi connectivity index (χ3n) is 2.04. The molecule has 0 aromatic rings. The van der Waals surface area contributed by atoms with E-state index in [1.807, 2.05) is 13.8 Å². The second-order valence-corrected chi connectivity index (χ2v) is 3.55. The molecule has 4 nitrogen and oxygen atoms in total. The quantitative estimate of drug-likeness (QED) is 0.303. The van der Waals surface area contributed by atoms with Gasteiger partial charge in [-0.3, -0.25) is 4.79 Å². The van der Waals surface area contributed by atoms with Crippen LogP contribution in [-0.4, -0.2) is 30.6 Å². The minimum absolute atomic E-state index is 0.0870. The summed E-state index contributed by atoms with van der Waals surface area (Å²) in [4.78, 5) is 11.2. The number of rotatable bonds is 7. The van der Waals surface area contributed by atoms with Crippen LogP contribution in [0.25, 0.3) is 0 Å². The van der Waals surface area contributed by atoms with Crippen molar-refractivity contribution in [1.82, 2.24) is 0 Å². The highest BCUT2D eigenvalue weighted by Gasteiger charge is 2.11. The van der Waals surface area contributed by atoms with Crippen molar-refractivity contribution in [2.45, 2.75) is 33.5 Å². The molecule has 0 saturated carbocycles. The van der Waals surface area contributed by atoms with Gasteiger partial charge in [0.15, 0.2) is 6.29 Å². The van der Waals surface area contributed by atoms with Crippen LogP contribution in [0.5, 0.6) is 0 Å². The zero-order valence-corrected chi connectivity index (χ0v) is 9.66. The van der Waals surface area contributed by atoms with E-state index in [0.717, 1.165) is 6.42 Å². The Morgan fingerprint density at radius 2 is 2.07 bits per heavy atom. The van der Waals surface area contributed by atoms with Gasteiger partial charge in [0.1, 0.15) is 6.61 Å². The van der Waals surface area contributed by atoms with E-state index in [2.05, 4.69) is 6.58 Å². The first-order valence-corrected chi connectivity index (χ1v) is 5.10. The molecule has 0 amide bonds. The zero-order valence-electron chi connectivity index (χ0n) is 9.66. The molecule has 0 radical (unpaired) electrons. The topological polar surface area (TPSA) is 55.8 Å². The molecule has 0 aliphatic rings. The van der Waals surface area contributed by atoms with Crippen LogP contribution < -0.4 is 0 Å². The summed E-state index contributed by atoms with van der Waals surface area (Å²) in [6, 6.07) is 0. The molecule has 0 aromatic carbocycles. The summed E-state index contributed by atoms with van der Waals surface area (Å²) in [6.07, 6.45) is -0.221. The molecular formula is C11H20O4. The summed E-state index contributed by atoms with van der Waals surface area (Å²) < 4.78 is 9.87. The van der Waals surface area contributed by atoms with E-state index in [4.69, 9.17) is 9.47 Å². The Morgan fingerprint density at radius 3 is 2.53 bits per heavy atom. The number of aliphatic hydroxyl groups excluding tert-OH is 1. The van der Waals surface area contributed by atoms with Gasteiger partial charge in [0.25, 0.3) is 0 Å². The Balaban J connectivity index is 3.54. The lowest BCUT2D eigenvalue weighted by Crippen LogP contribution is -2.20. The van der Waals surface area contributed by atoms with Crippen LogP contribution in [0.4, 0.5) is 0 Å². The highest BCUT2D eigenvalue weighted by Crippen LogP contribution is 2.03. The number of hydrogen-bond acceptors (Lipinski definition) is 4. The van der Waals surface area contributed by atoms with Crippen LogP contribution in [-0.2, 0) is 14.3 Å². The maximum absolute atomic E-state index is 11.2. The van der Waals surface area contributed by atoms with Crippen molar-refractivity contribution in [3.05, 3.63) is 12.2 Å². The van der Waals surface area contributed by atoms with E-state index in [9.17, 15) is 9.90 Å². The highest BCUT2D eigenvalue weighted by molar-refractivity contribution is 5.71. The molecule has 0 fully saturated rings. The smallest absolute Gasteiger partial charge is 0.308 e. The van der Waals surface area contributed by atoms with Gasteiger partial charge in [-0.2, -0.15) is 0 Å². The van der Waals surface area contributed by atoms with Crippen molar-refractivity contribution in [2.75, 3.05) is 13.2 Å². The third kappa shape index (κ3) is 6.25. The first kappa shape index (κ1) is 14.1. The number of hydrogen-bond donors (Lipinski definition) is 1. The van der Waals surface area contributed by atoms with E-state index in [1.54, 1.807) is 6.92 Å². The predicted molar refractivity (Wildman–Crippen MR) is 57.2 cm³/mol. The van der Waals surface area contributed by atoms with E-state index < -0.39 is 6.29 Å². The van der Waals surface area contributed by atoms with Crippen molar-refractivity contribution in [3.63, 3.8) is 0 Å². The molecule has 0 bridgehead atoms. The van der Waals surface area contributed by atoms with Gasteiger partial charge in [0.05, 0.1) is 12.5 Å². The predicted octanol–water partition coefficient (Wildman–Crippen LogP) is 1.49. The number of carbonyl (C=O) groups is 1. The molecule has 0 rings (SSSR count). The van der Waals surface area contributed by atoms with Gasteiger partial charge < -0.3 is 14.6 Å². The average Bonchev–Trinajstić information content (AvgIpc) is 2.22. The molecule has 0 aromatic heterocycles. The summed E-state index contributed by atoms with van der Waals surface area (Å²) in [7, 11) is 0. The van der Waals surface area contributed by atoms with Gasteiger partial charge in [0, 0.05) is 0 Å². The lowest BCUT2D eigenvalue weighted by Gasteiger charge is -2.12. The first-order chi connectivity index (χ1) is 6.99. The van der Waals surface area contributed by atoms with E-state index >= 15 is 0 Å². The van der Waals surface area contributed by atoms with E-state index in [0.29, 0.717) is 5.57 Å². The Hall–Kier alpha value is -0.870.